The minimum absolute atomic E-state index is 0.0231. The number of aromatic amines is 1. The number of fused-ring (bicyclic) bond motifs is 1. The first-order valence-corrected chi connectivity index (χ1v) is 9.49. The van der Waals surface area contributed by atoms with Gasteiger partial charge in [0.25, 0.3) is 5.91 Å². The summed E-state index contributed by atoms with van der Waals surface area (Å²) in [6.45, 7) is 4.61. The monoisotopic (exact) mass is 383 g/mol. The summed E-state index contributed by atoms with van der Waals surface area (Å²) in [7, 11) is 0. The van der Waals surface area contributed by atoms with Crippen LogP contribution in [-0.4, -0.2) is 42.0 Å². The van der Waals surface area contributed by atoms with Crippen molar-refractivity contribution in [1.29, 1.82) is 0 Å². The summed E-state index contributed by atoms with van der Waals surface area (Å²) >= 11 is 0. The number of aromatic nitrogens is 1. The molecule has 0 aliphatic carbocycles. The van der Waals surface area contributed by atoms with Crippen LogP contribution in [0.4, 0.5) is 0 Å². The van der Waals surface area contributed by atoms with E-state index in [2.05, 4.69) is 15.6 Å². The van der Waals surface area contributed by atoms with E-state index in [1.165, 1.54) is 6.08 Å². The van der Waals surface area contributed by atoms with Gasteiger partial charge >= 0.3 is 5.97 Å². The highest BCUT2D eigenvalue weighted by Gasteiger charge is 2.27. The summed E-state index contributed by atoms with van der Waals surface area (Å²) < 4.78 is 4.90. The molecule has 0 bridgehead atoms. The molecule has 2 aromatic rings. The molecule has 7 nitrogen and oxygen atoms in total. The molecular weight excluding hydrogens is 358 g/mol. The number of amides is 2. The lowest BCUT2D eigenvalue weighted by atomic mass is 9.98. The maximum absolute atomic E-state index is 12.8. The minimum Gasteiger partial charge on any atom is -0.463 e. The van der Waals surface area contributed by atoms with Crippen LogP contribution in [-0.2, 0) is 14.3 Å². The molecule has 1 saturated heterocycles. The fourth-order valence-corrected chi connectivity index (χ4v) is 3.42. The van der Waals surface area contributed by atoms with Gasteiger partial charge in [-0.1, -0.05) is 24.3 Å². The van der Waals surface area contributed by atoms with Gasteiger partial charge in [-0.15, -0.1) is 0 Å². The SMILES string of the molecule is CCOC(=O)/C=C/[C@H](C[C@@H]1CCNC1=O)NC(=O)c1cc2cccc(C)c2[nH]1. The molecule has 0 spiro atoms. The predicted molar refractivity (Wildman–Crippen MR) is 106 cm³/mol. The molecule has 1 aromatic carbocycles. The summed E-state index contributed by atoms with van der Waals surface area (Å²) in [6.07, 6.45) is 4.03. The van der Waals surface area contributed by atoms with Crippen LogP contribution in [0.2, 0.25) is 0 Å². The van der Waals surface area contributed by atoms with E-state index in [1.807, 2.05) is 25.1 Å². The van der Waals surface area contributed by atoms with Gasteiger partial charge in [-0.3, -0.25) is 9.59 Å². The number of aryl methyl sites for hydroxylation is 1. The molecule has 0 radical (unpaired) electrons. The summed E-state index contributed by atoms with van der Waals surface area (Å²) in [5.74, 6) is -0.974. The number of benzene rings is 1. The predicted octanol–water partition coefficient (Wildman–Crippen LogP) is 2.22. The van der Waals surface area contributed by atoms with Gasteiger partial charge in [0.1, 0.15) is 5.69 Å². The first kappa shape index (κ1) is 19.7. The van der Waals surface area contributed by atoms with Crippen molar-refractivity contribution in [1.82, 2.24) is 15.6 Å². The fraction of sp³-hybridized carbons (Fsp3) is 0.381. The van der Waals surface area contributed by atoms with Crippen molar-refractivity contribution in [3.8, 4) is 0 Å². The average molecular weight is 383 g/mol. The molecule has 0 unspecified atom stereocenters. The number of rotatable bonds is 7. The van der Waals surface area contributed by atoms with Gasteiger partial charge in [0.15, 0.2) is 0 Å². The zero-order valence-electron chi connectivity index (χ0n) is 16.1. The lowest BCUT2D eigenvalue weighted by molar-refractivity contribution is -0.137. The first-order valence-electron chi connectivity index (χ1n) is 9.49. The largest absolute Gasteiger partial charge is 0.463 e. The standard InChI is InChI=1S/C21H25N3O4/c1-3-28-18(25)8-7-16(11-15-9-10-22-20(15)26)23-21(27)17-12-14-6-4-5-13(2)19(14)24-17/h4-8,12,15-16,24H,3,9-11H2,1-2H3,(H,22,26)(H,23,27)/b8-7+/t15-,16+/m0/s1. The third-order valence-corrected chi connectivity index (χ3v) is 4.88. The Hall–Kier alpha value is -3.09. The number of carbonyl (C=O) groups is 3. The Labute approximate surface area is 163 Å². The molecule has 0 saturated carbocycles. The molecule has 148 valence electrons. The fourth-order valence-electron chi connectivity index (χ4n) is 3.42. The Kier molecular flexibility index (Phi) is 6.13. The van der Waals surface area contributed by atoms with E-state index >= 15 is 0 Å². The minimum atomic E-state index is -0.473. The highest BCUT2D eigenvalue weighted by Crippen LogP contribution is 2.20. The molecule has 1 aliphatic rings. The Morgan fingerprint density at radius 2 is 2.21 bits per heavy atom. The third-order valence-electron chi connectivity index (χ3n) is 4.88. The number of ether oxygens (including phenoxy) is 1. The maximum atomic E-state index is 12.8. The highest BCUT2D eigenvalue weighted by atomic mass is 16.5. The molecule has 3 rings (SSSR count). The zero-order chi connectivity index (χ0) is 20.1. The molecule has 1 aromatic heterocycles. The molecule has 1 fully saturated rings. The van der Waals surface area contributed by atoms with Gasteiger partial charge in [-0.05, 0) is 38.3 Å². The van der Waals surface area contributed by atoms with Gasteiger partial charge in [-0.2, -0.15) is 0 Å². The smallest absolute Gasteiger partial charge is 0.330 e. The second-order valence-electron chi connectivity index (χ2n) is 6.93. The lowest BCUT2D eigenvalue weighted by Crippen LogP contribution is -2.36. The second kappa shape index (κ2) is 8.73. The number of para-hydroxylation sites is 1. The van der Waals surface area contributed by atoms with Crippen LogP contribution < -0.4 is 10.6 Å². The summed E-state index contributed by atoms with van der Waals surface area (Å²) in [4.78, 5) is 39.5. The van der Waals surface area contributed by atoms with Gasteiger partial charge in [0, 0.05) is 35.5 Å². The van der Waals surface area contributed by atoms with Crippen LogP contribution in [0.1, 0.15) is 35.8 Å². The number of nitrogens with one attached hydrogen (secondary N) is 3. The summed E-state index contributed by atoms with van der Waals surface area (Å²) in [5, 5.41) is 6.67. The second-order valence-corrected chi connectivity index (χ2v) is 6.93. The van der Waals surface area contributed by atoms with Crippen LogP contribution in [0.15, 0.2) is 36.4 Å². The van der Waals surface area contributed by atoms with Crippen LogP contribution in [0, 0.1) is 12.8 Å². The number of esters is 1. The molecule has 28 heavy (non-hydrogen) atoms. The van der Waals surface area contributed by atoms with Crippen molar-refractivity contribution >= 4 is 28.7 Å². The molecule has 1 aliphatic heterocycles. The number of hydrogen-bond acceptors (Lipinski definition) is 4. The molecule has 2 atom stereocenters. The summed E-state index contributed by atoms with van der Waals surface area (Å²) in [5.41, 5.74) is 2.41. The van der Waals surface area contributed by atoms with Gasteiger partial charge in [-0.25, -0.2) is 4.79 Å². The number of H-pyrrole nitrogens is 1. The topological polar surface area (TPSA) is 100 Å². The van der Waals surface area contributed by atoms with Gasteiger partial charge in [0.2, 0.25) is 5.91 Å². The van der Waals surface area contributed by atoms with Crippen molar-refractivity contribution in [2.24, 2.45) is 5.92 Å². The van der Waals surface area contributed by atoms with Crippen molar-refractivity contribution in [2.45, 2.75) is 32.7 Å². The Morgan fingerprint density at radius 1 is 1.39 bits per heavy atom. The molecule has 7 heteroatoms. The average Bonchev–Trinajstić information content (AvgIpc) is 3.27. The van der Waals surface area contributed by atoms with Crippen LogP contribution >= 0.6 is 0 Å². The van der Waals surface area contributed by atoms with Crippen molar-refractivity contribution < 1.29 is 19.1 Å². The van der Waals surface area contributed by atoms with Gasteiger partial charge < -0.3 is 20.4 Å². The zero-order valence-corrected chi connectivity index (χ0v) is 16.1. The van der Waals surface area contributed by atoms with E-state index in [0.29, 0.717) is 25.1 Å². The van der Waals surface area contributed by atoms with Crippen molar-refractivity contribution in [3.05, 3.63) is 47.7 Å². The Bertz CT molecular complexity index is 916. The van der Waals surface area contributed by atoms with Crippen molar-refractivity contribution in [3.63, 3.8) is 0 Å². The third kappa shape index (κ3) is 4.60. The van der Waals surface area contributed by atoms with E-state index < -0.39 is 12.0 Å². The lowest BCUT2D eigenvalue weighted by Gasteiger charge is -2.17. The van der Waals surface area contributed by atoms with Crippen LogP contribution in [0.25, 0.3) is 10.9 Å². The first-order chi connectivity index (χ1) is 13.5. The van der Waals surface area contributed by atoms with Gasteiger partial charge in [0.05, 0.1) is 6.61 Å². The van der Waals surface area contributed by atoms with E-state index in [0.717, 1.165) is 16.5 Å². The molecule has 2 heterocycles. The number of hydrogen-bond donors (Lipinski definition) is 3. The summed E-state index contributed by atoms with van der Waals surface area (Å²) in [6, 6.07) is 7.20. The normalized spacial score (nSPS) is 17.6. The number of carbonyl (C=O) groups excluding carboxylic acids is 3. The van der Waals surface area contributed by atoms with E-state index in [9.17, 15) is 14.4 Å². The quantitative estimate of drug-likeness (QED) is 0.504. The highest BCUT2D eigenvalue weighted by molar-refractivity contribution is 5.99. The van der Waals surface area contributed by atoms with E-state index in [-0.39, 0.29) is 24.3 Å². The molecule has 2 amide bonds. The van der Waals surface area contributed by atoms with Crippen LogP contribution in [0.3, 0.4) is 0 Å². The van der Waals surface area contributed by atoms with Crippen molar-refractivity contribution in [2.75, 3.05) is 13.2 Å². The Balaban J connectivity index is 1.76. The van der Waals surface area contributed by atoms with E-state index in [4.69, 9.17) is 4.74 Å². The van der Waals surface area contributed by atoms with Crippen LogP contribution in [0.5, 0.6) is 0 Å². The molecule has 3 N–H and O–H groups in total. The Morgan fingerprint density at radius 3 is 2.89 bits per heavy atom. The van der Waals surface area contributed by atoms with E-state index in [1.54, 1.807) is 19.1 Å². The molecular formula is C21H25N3O4. The maximum Gasteiger partial charge on any atom is 0.330 e.